The molecule has 14 heavy (non-hydrogen) atoms. The van der Waals surface area contributed by atoms with E-state index in [-0.39, 0.29) is 11.7 Å². The van der Waals surface area contributed by atoms with Gasteiger partial charge in [0, 0.05) is 12.5 Å². The molecule has 0 fully saturated rings. The number of rotatable bonds is 2. The summed E-state index contributed by atoms with van der Waals surface area (Å²) >= 11 is 0. The molecule has 0 saturated heterocycles. The Kier molecular flexibility index (Phi) is 2.86. The van der Waals surface area contributed by atoms with Crippen LogP contribution in [0.15, 0.2) is 18.2 Å². The number of nitrogens with two attached hydrogens (primary N) is 1. The Morgan fingerprint density at radius 3 is 2.43 bits per heavy atom. The number of nitrogen functional groups attached to an aromatic ring is 1. The number of carbonyl (C=O) groups is 2. The number of carbonyl (C=O) groups excluding carboxylic acids is 2. The Morgan fingerprint density at radius 1 is 1.29 bits per heavy atom. The van der Waals surface area contributed by atoms with Crippen LogP contribution in [-0.2, 0) is 4.79 Å². The van der Waals surface area contributed by atoms with Gasteiger partial charge in [-0.05, 0) is 25.1 Å². The predicted octanol–water partition coefficient (Wildman–Crippen LogP) is 1.43. The van der Waals surface area contributed by atoms with Crippen LogP contribution in [0, 0.1) is 0 Å². The molecule has 0 heterocycles. The summed E-state index contributed by atoms with van der Waals surface area (Å²) in [6, 6.07) is 4.80. The number of Topliss-reactive ketones (excluding diaryl/α,β-unsaturated/α-hetero) is 1. The van der Waals surface area contributed by atoms with Crippen LogP contribution in [0.25, 0.3) is 0 Å². The van der Waals surface area contributed by atoms with Gasteiger partial charge in [-0.2, -0.15) is 0 Å². The highest BCUT2D eigenvalue weighted by atomic mass is 16.1. The van der Waals surface area contributed by atoms with Crippen LogP contribution in [-0.4, -0.2) is 11.7 Å². The first kappa shape index (κ1) is 10.2. The molecule has 1 rings (SSSR count). The van der Waals surface area contributed by atoms with Gasteiger partial charge < -0.3 is 11.1 Å². The number of benzene rings is 1. The molecule has 1 amide bonds. The topological polar surface area (TPSA) is 72.2 Å². The van der Waals surface area contributed by atoms with Crippen LogP contribution in [0.1, 0.15) is 24.2 Å². The fourth-order valence-corrected chi connectivity index (χ4v) is 1.07. The van der Waals surface area contributed by atoms with Crippen LogP contribution in [0.2, 0.25) is 0 Å². The van der Waals surface area contributed by atoms with Crippen LogP contribution in [0.5, 0.6) is 0 Å². The summed E-state index contributed by atoms with van der Waals surface area (Å²) in [6.07, 6.45) is 0. The van der Waals surface area contributed by atoms with Gasteiger partial charge in [-0.1, -0.05) is 0 Å². The maximum Gasteiger partial charge on any atom is 0.221 e. The van der Waals surface area contributed by atoms with Crippen molar-refractivity contribution in [3.05, 3.63) is 23.8 Å². The Hall–Kier alpha value is -1.84. The molecule has 0 radical (unpaired) electrons. The quantitative estimate of drug-likeness (QED) is 0.550. The van der Waals surface area contributed by atoms with Gasteiger partial charge in [0.15, 0.2) is 5.78 Å². The standard InChI is InChI=1S/C10H12N2O2/c1-6(13)8-3-4-9(11)10(5-8)12-7(2)14/h3-5H,11H2,1-2H3,(H,12,14). The predicted molar refractivity (Wildman–Crippen MR) is 55.2 cm³/mol. The molecular weight excluding hydrogens is 180 g/mol. The second-order valence-corrected chi connectivity index (χ2v) is 3.04. The zero-order chi connectivity index (χ0) is 10.7. The maximum absolute atomic E-state index is 11.0. The summed E-state index contributed by atoms with van der Waals surface area (Å²) in [5.41, 5.74) is 7.07. The van der Waals surface area contributed by atoms with E-state index in [9.17, 15) is 9.59 Å². The molecule has 4 nitrogen and oxygen atoms in total. The van der Waals surface area contributed by atoms with Gasteiger partial charge in [-0.25, -0.2) is 0 Å². The van der Waals surface area contributed by atoms with Crippen molar-refractivity contribution in [1.29, 1.82) is 0 Å². The lowest BCUT2D eigenvalue weighted by Crippen LogP contribution is -2.09. The van der Waals surface area contributed by atoms with Crippen molar-refractivity contribution in [2.24, 2.45) is 0 Å². The van der Waals surface area contributed by atoms with Crippen molar-refractivity contribution < 1.29 is 9.59 Å². The minimum atomic E-state index is -0.211. The molecule has 74 valence electrons. The van der Waals surface area contributed by atoms with E-state index in [1.165, 1.54) is 13.8 Å². The molecule has 4 heteroatoms. The average molecular weight is 192 g/mol. The molecule has 0 unspecified atom stereocenters. The third-order valence-corrected chi connectivity index (χ3v) is 1.77. The van der Waals surface area contributed by atoms with Crippen LogP contribution in [0.4, 0.5) is 11.4 Å². The van der Waals surface area contributed by atoms with Crippen molar-refractivity contribution in [1.82, 2.24) is 0 Å². The van der Waals surface area contributed by atoms with E-state index >= 15 is 0 Å². The highest BCUT2D eigenvalue weighted by Gasteiger charge is 2.05. The van der Waals surface area contributed by atoms with E-state index in [4.69, 9.17) is 5.73 Å². The minimum Gasteiger partial charge on any atom is -0.397 e. The van der Waals surface area contributed by atoms with E-state index in [1.807, 2.05) is 0 Å². The van der Waals surface area contributed by atoms with Crippen molar-refractivity contribution in [2.75, 3.05) is 11.1 Å². The molecule has 0 aromatic heterocycles. The van der Waals surface area contributed by atoms with E-state index in [2.05, 4.69) is 5.32 Å². The lowest BCUT2D eigenvalue weighted by molar-refractivity contribution is -0.114. The van der Waals surface area contributed by atoms with Gasteiger partial charge in [-0.3, -0.25) is 9.59 Å². The molecular formula is C10H12N2O2. The smallest absolute Gasteiger partial charge is 0.221 e. The lowest BCUT2D eigenvalue weighted by Gasteiger charge is -2.07. The van der Waals surface area contributed by atoms with Gasteiger partial charge in [0.1, 0.15) is 0 Å². The minimum absolute atomic E-state index is 0.0587. The molecule has 1 aromatic carbocycles. The molecule has 1 aromatic rings. The van der Waals surface area contributed by atoms with Crippen molar-refractivity contribution in [2.45, 2.75) is 13.8 Å². The third-order valence-electron chi connectivity index (χ3n) is 1.77. The van der Waals surface area contributed by atoms with E-state index in [0.29, 0.717) is 16.9 Å². The summed E-state index contributed by atoms with van der Waals surface area (Å²) in [5, 5.41) is 2.55. The Labute approximate surface area is 82.1 Å². The lowest BCUT2D eigenvalue weighted by atomic mass is 10.1. The van der Waals surface area contributed by atoms with Crippen LogP contribution in [0.3, 0.4) is 0 Å². The van der Waals surface area contributed by atoms with E-state index in [0.717, 1.165) is 0 Å². The summed E-state index contributed by atoms with van der Waals surface area (Å²) in [7, 11) is 0. The van der Waals surface area contributed by atoms with Gasteiger partial charge in [0.25, 0.3) is 0 Å². The second kappa shape index (κ2) is 3.91. The van der Waals surface area contributed by atoms with Crippen molar-refractivity contribution >= 4 is 23.1 Å². The molecule has 0 aliphatic heterocycles. The first-order valence-corrected chi connectivity index (χ1v) is 4.18. The number of nitrogens with one attached hydrogen (secondary N) is 1. The zero-order valence-electron chi connectivity index (χ0n) is 8.13. The summed E-state index contributed by atoms with van der Waals surface area (Å²) in [6.45, 7) is 2.85. The average Bonchev–Trinajstić information content (AvgIpc) is 2.07. The Balaban J connectivity index is 3.08. The molecule has 0 aliphatic rings. The summed E-state index contributed by atoms with van der Waals surface area (Å²) in [4.78, 5) is 21.8. The van der Waals surface area contributed by atoms with E-state index < -0.39 is 0 Å². The molecule has 0 spiro atoms. The summed E-state index contributed by atoms with van der Waals surface area (Å²) in [5.74, 6) is -0.269. The first-order chi connectivity index (χ1) is 6.50. The fourth-order valence-electron chi connectivity index (χ4n) is 1.07. The summed E-state index contributed by atoms with van der Waals surface area (Å²) < 4.78 is 0. The molecule has 0 aliphatic carbocycles. The molecule has 0 atom stereocenters. The fraction of sp³-hybridized carbons (Fsp3) is 0.200. The number of hydrogen-bond donors (Lipinski definition) is 2. The first-order valence-electron chi connectivity index (χ1n) is 4.18. The van der Waals surface area contributed by atoms with Gasteiger partial charge in [0.05, 0.1) is 11.4 Å². The normalized spacial score (nSPS) is 9.57. The maximum atomic E-state index is 11.0. The monoisotopic (exact) mass is 192 g/mol. The van der Waals surface area contributed by atoms with Gasteiger partial charge in [0.2, 0.25) is 5.91 Å². The number of amides is 1. The number of anilines is 2. The van der Waals surface area contributed by atoms with Crippen LogP contribution < -0.4 is 11.1 Å². The van der Waals surface area contributed by atoms with Crippen molar-refractivity contribution in [3.63, 3.8) is 0 Å². The van der Waals surface area contributed by atoms with Gasteiger partial charge >= 0.3 is 0 Å². The highest BCUT2D eigenvalue weighted by molar-refractivity contribution is 5.98. The Morgan fingerprint density at radius 2 is 1.93 bits per heavy atom. The third kappa shape index (κ3) is 2.32. The SMILES string of the molecule is CC(=O)Nc1cc(C(C)=O)ccc1N. The van der Waals surface area contributed by atoms with E-state index in [1.54, 1.807) is 18.2 Å². The molecule has 0 bridgehead atoms. The number of ketones is 1. The van der Waals surface area contributed by atoms with Gasteiger partial charge in [-0.15, -0.1) is 0 Å². The van der Waals surface area contributed by atoms with Crippen molar-refractivity contribution in [3.8, 4) is 0 Å². The molecule has 3 N–H and O–H groups in total. The molecule has 0 saturated carbocycles. The Bertz CT molecular complexity index is 386. The second-order valence-electron chi connectivity index (χ2n) is 3.04. The van der Waals surface area contributed by atoms with Crippen LogP contribution >= 0.6 is 0 Å². The zero-order valence-corrected chi connectivity index (χ0v) is 8.13. The number of hydrogen-bond acceptors (Lipinski definition) is 3. The largest absolute Gasteiger partial charge is 0.397 e. The highest BCUT2D eigenvalue weighted by Crippen LogP contribution is 2.20.